The van der Waals surface area contributed by atoms with Gasteiger partial charge in [0.2, 0.25) is 0 Å². The minimum Gasteiger partial charge on any atom is -0.355 e. The fourth-order valence-electron chi connectivity index (χ4n) is 2.51. The van der Waals surface area contributed by atoms with Crippen LogP contribution in [0.4, 0.5) is 11.5 Å². The zero-order valence-corrected chi connectivity index (χ0v) is 12.9. The molecule has 21 heavy (non-hydrogen) atoms. The predicted molar refractivity (Wildman–Crippen MR) is 83.0 cm³/mol. The van der Waals surface area contributed by atoms with Gasteiger partial charge in [0.05, 0.1) is 16.9 Å². The monoisotopic (exact) mass is 303 g/mol. The van der Waals surface area contributed by atoms with E-state index in [0.29, 0.717) is 10.6 Å². The highest BCUT2D eigenvalue weighted by Crippen LogP contribution is 2.26. The first kappa shape index (κ1) is 13.9. The van der Waals surface area contributed by atoms with E-state index in [0.717, 1.165) is 42.5 Å². The van der Waals surface area contributed by atoms with Crippen LogP contribution < -0.4 is 10.2 Å². The summed E-state index contributed by atoms with van der Waals surface area (Å²) in [5.74, 6) is 0.656. The Labute approximate surface area is 127 Å². The third-order valence-corrected chi connectivity index (χ3v) is 4.53. The number of amides is 1. The molecule has 7 heteroatoms. The SMILES string of the molecule is Cc1nc(C)c(C(=O)Nc2cncnc2N2CCCC2)s1. The summed E-state index contributed by atoms with van der Waals surface area (Å²) in [5.41, 5.74) is 1.42. The van der Waals surface area contributed by atoms with E-state index in [2.05, 4.69) is 25.2 Å². The Kier molecular flexibility index (Phi) is 3.83. The van der Waals surface area contributed by atoms with Crippen LogP contribution in [0.15, 0.2) is 12.5 Å². The first-order valence-corrected chi connectivity index (χ1v) is 7.77. The van der Waals surface area contributed by atoms with Crippen molar-refractivity contribution in [2.75, 3.05) is 23.3 Å². The Balaban J connectivity index is 1.84. The number of anilines is 2. The Hall–Kier alpha value is -2.02. The normalized spacial score (nSPS) is 14.5. The summed E-state index contributed by atoms with van der Waals surface area (Å²) in [6.07, 6.45) is 5.49. The van der Waals surface area contributed by atoms with Gasteiger partial charge in [-0.2, -0.15) is 0 Å². The van der Waals surface area contributed by atoms with Gasteiger partial charge in [0.1, 0.15) is 16.9 Å². The first-order valence-electron chi connectivity index (χ1n) is 6.95. The minimum absolute atomic E-state index is 0.145. The highest BCUT2D eigenvalue weighted by atomic mass is 32.1. The van der Waals surface area contributed by atoms with Crippen LogP contribution in [0.5, 0.6) is 0 Å². The van der Waals surface area contributed by atoms with Crippen LogP contribution in [0.25, 0.3) is 0 Å². The Bertz CT molecular complexity index is 663. The van der Waals surface area contributed by atoms with Crippen LogP contribution >= 0.6 is 11.3 Å². The molecule has 3 heterocycles. The van der Waals surface area contributed by atoms with E-state index < -0.39 is 0 Å². The number of aromatic nitrogens is 3. The second-order valence-corrected chi connectivity index (χ2v) is 6.26. The number of nitrogens with one attached hydrogen (secondary N) is 1. The molecule has 1 N–H and O–H groups in total. The molecule has 0 aromatic carbocycles. The largest absolute Gasteiger partial charge is 0.355 e. The van der Waals surface area contributed by atoms with E-state index in [4.69, 9.17) is 0 Å². The molecule has 1 aliphatic rings. The smallest absolute Gasteiger partial charge is 0.267 e. The minimum atomic E-state index is -0.145. The Morgan fingerprint density at radius 2 is 2.10 bits per heavy atom. The van der Waals surface area contributed by atoms with Gasteiger partial charge in [-0.3, -0.25) is 4.79 Å². The topological polar surface area (TPSA) is 71.0 Å². The summed E-state index contributed by atoms with van der Waals surface area (Å²) < 4.78 is 0. The highest BCUT2D eigenvalue weighted by molar-refractivity contribution is 7.13. The average molecular weight is 303 g/mol. The van der Waals surface area contributed by atoms with Gasteiger partial charge in [0.25, 0.3) is 5.91 Å². The lowest BCUT2D eigenvalue weighted by Gasteiger charge is -2.19. The number of nitrogens with zero attached hydrogens (tertiary/aromatic N) is 4. The number of carbonyl (C=O) groups is 1. The number of aryl methyl sites for hydroxylation is 2. The van der Waals surface area contributed by atoms with Crippen molar-refractivity contribution in [1.82, 2.24) is 15.0 Å². The quantitative estimate of drug-likeness (QED) is 0.942. The maximum atomic E-state index is 12.4. The highest BCUT2D eigenvalue weighted by Gasteiger charge is 2.20. The average Bonchev–Trinajstić information content (AvgIpc) is 3.09. The van der Waals surface area contributed by atoms with Gasteiger partial charge < -0.3 is 10.2 Å². The standard InChI is InChI=1S/C14H17N5OS/c1-9-12(21-10(2)17-9)14(20)18-11-7-15-8-16-13(11)19-5-3-4-6-19/h7-8H,3-6H2,1-2H3,(H,18,20). The number of hydrogen-bond donors (Lipinski definition) is 1. The van der Waals surface area contributed by atoms with Gasteiger partial charge in [-0.05, 0) is 26.7 Å². The molecule has 0 unspecified atom stereocenters. The Morgan fingerprint density at radius 1 is 1.33 bits per heavy atom. The van der Waals surface area contributed by atoms with Gasteiger partial charge >= 0.3 is 0 Å². The van der Waals surface area contributed by atoms with Gasteiger partial charge in [-0.25, -0.2) is 15.0 Å². The van der Waals surface area contributed by atoms with E-state index in [1.807, 2.05) is 13.8 Å². The summed E-state index contributed by atoms with van der Waals surface area (Å²) in [6, 6.07) is 0. The summed E-state index contributed by atoms with van der Waals surface area (Å²) in [4.78, 5) is 27.9. The molecule has 1 aliphatic heterocycles. The number of rotatable bonds is 3. The zero-order chi connectivity index (χ0) is 14.8. The zero-order valence-electron chi connectivity index (χ0n) is 12.1. The number of thiazole rings is 1. The molecule has 0 aliphatic carbocycles. The van der Waals surface area contributed by atoms with Crippen molar-refractivity contribution in [2.24, 2.45) is 0 Å². The molecule has 1 saturated heterocycles. The van der Waals surface area contributed by atoms with E-state index in [1.54, 1.807) is 6.20 Å². The molecule has 0 atom stereocenters. The molecule has 110 valence electrons. The molecule has 0 radical (unpaired) electrons. The summed E-state index contributed by atoms with van der Waals surface area (Å²) in [7, 11) is 0. The maximum Gasteiger partial charge on any atom is 0.267 e. The molecule has 1 amide bonds. The van der Waals surface area contributed by atoms with Gasteiger partial charge in [0, 0.05) is 13.1 Å². The van der Waals surface area contributed by atoms with Gasteiger partial charge in [-0.1, -0.05) is 0 Å². The van der Waals surface area contributed by atoms with Crippen molar-refractivity contribution >= 4 is 28.7 Å². The van der Waals surface area contributed by atoms with Crippen molar-refractivity contribution < 1.29 is 4.79 Å². The van der Waals surface area contributed by atoms with Crippen molar-refractivity contribution in [3.63, 3.8) is 0 Å². The van der Waals surface area contributed by atoms with Crippen molar-refractivity contribution in [1.29, 1.82) is 0 Å². The summed E-state index contributed by atoms with van der Waals surface area (Å²) in [6.45, 7) is 5.69. The summed E-state index contributed by atoms with van der Waals surface area (Å²) >= 11 is 1.40. The van der Waals surface area contributed by atoms with Crippen LogP contribution in [-0.2, 0) is 0 Å². The van der Waals surface area contributed by atoms with Crippen LogP contribution in [0, 0.1) is 13.8 Å². The van der Waals surface area contributed by atoms with Crippen molar-refractivity contribution in [3.8, 4) is 0 Å². The van der Waals surface area contributed by atoms with Crippen LogP contribution in [0.2, 0.25) is 0 Å². The maximum absolute atomic E-state index is 12.4. The molecular weight excluding hydrogens is 286 g/mol. The van der Waals surface area contributed by atoms with Gasteiger partial charge in [-0.15, -0.1) is 11.3 Å². The van der Waals surface area contributed by atoms with Crippen LogP contribution in [-0.4, -0.2) is 33.9 Å². The molecule has 1 fully saturated rings. The van der Waals surface area contributed by atoms with E-state index in [1.165, 1.54) is 17.7 Å². The Morgan fingerprint density at radius 3 is 2.76 bits per heavy atom. The van der Waals surface area contributed by atoms with Crippen LogP contribution in [0.3, 0.4) is 0 Å². The molecule has 0 spiro atoms. The van der Waals surface area contributed by atoms with E-state index >= 15 is 0 Å². The number of carbonyl (C=O) groups excluding carboxylic acids is 1. The third kappa shape index (κ3) is 2.87. The second-order valence-electron chi connectivity index (χ2n) is 5.06. The molecule has 2 aromatic heterocycles. The molecule has 6 nitrogen and oxygen atoms in total. The van der Waals surface area contributed by atoms with E-state index in [-0.39, 0.29) is 5.91 Å². The second kappa shape index (κ2) is 5.77. The molecular formula is C14H17N5OS. The van der Waals surface area contributed by atoms with E-state index in [9.17, 15) is 4.79 Å². The fraction of sp³-hybridized carbons (Fsp3) is 0.429. The summed E-state index contributed by atoms with van der Waals surface area (Å²) in [5, 5.41) is 3.81. The predicted octanol–water partition coefficient (Wildman–Crippen LogP) is 2.40. The molecule has 0 bridgehead atoms. The molecule has 3 rings (SSSR count). The van der Waals surface area contributed by atoms with Crippen molar-refractivity contribution in [3.05, 3.63) is 28.1 Å². The van der Waals surface area contributed by atoms with Crippen molar-refractivity contribution in [2.45, 2.75) is 26.7 Å². The lowest BCUT2D eigenvalue weighted by molar-refractivity contribution is 0.102. The lowest BCUT2D eigenvalue weighted by Crippen LogP contribution is -2.22. The molecule has 0 saturated carbocycles. The third-order valence-electron chi connectivity index (χ3n) is 3.45. The van der Waals surface area contributed by atoms with Crippen LogP contribution in [0.1, 0.15) is 33.2 Å². The fourth-order valence-corrected chi connectivity index (χ4v) is 3.33. The number of hydrogen-bond acceptors (Lipinski definition) is 6. The lowest BCUT2D eigenvalue weighted by atomic mass is 10.3. The van der Waals surface area contributed by atoms with Gasteiger partial charge in [0.15, 0.2) is 5.82 Å². The molecule has 2 aromatic rings. The first-order chi connectivity index (χ1) is 10.1.